The Morgan fingerprint density at radius 1 is 1.35 bits per heavy atom. The maximum absolute atomic E-state index is 11.3. The van der Waals surface area contributed by atoms with Crippen LogP contribution in [0.4, 0.5) is 0 Å². The molecular weight excluding hydrogens is 254 g/mol. The van der Waals surface area contributed by atoms with Gasteiger partial charge in [0.2, 0.25) is 5.91 Å². The number of carbonyl (C=O) groups is 1. The first-order valence-electron chi connectivity index (χ1n) is 6.41. The van der Waals surface area contributed by atoms with Gasteiger partial charge in [-0.15, -0.1) is 0 Å². The number of hydrogen-bond acceptors (Lipinski definition) is 3. The van der Waals surface area contributed by atoms with E-state index in [1.165, 1.54) is 5.56 Å². The Balaban J connectivity index is 2.43. The molecule has 2 rings (SSSR count). The number of rotatable bonds is 4. The molecule has 2 N–H and O–H groups in total. The Bertz CT molecular complexity index is 659. The van der Waals surface area contributed by atoms with Crippen molar-refractivity contribution in [2.24, 2.45) is 5.73 Å². The number of nitrogens with zero attached hydrogens (tertiary/aromatic N) is 2. The van der Waals surface area contributed by atoms with Crippen LogP contribution >= 0.6 is 0 Å². The summed E-state index contributed by atoms with van der Waals surface area (Å²) in [7, 11) is 1.61. The fourth-order valence-corrected chi connectivity index (χ4v) is 2.16. The molecule has 0 saturated heterocycles. The topological polar surface area (TPSA) is 70.1 Å². The van der Waals surface area contributed by atoms with E-state index in [0.717, 1.165) is 22.7 Å². The van der Waals surface area contributed by atoms with Crippen LogP contribution in [0.1, 0.15) is 32.9 Å². The number of hydrogen-bond donors (Lipinski definition) is 1. The minimum absolute atomic E-state index is 0.446. The Kier molecular flexibility index (Phi) is 3.79. The minimum Gasteiger partial charge on any atom is -0.496 e. The quantitative estimate of drug-likeness (QED) is 0.925. The van der Waals surface area contributed by atoms with Gasteiger partial charge in [0.1, 0.15) is 5.75 Å². The van der Waals surface area contributed by atoms with Gasteiger partial charge in [-0.25, -0.2) is 0 Å². The van der Waals surface area contributed by atoms with E-state index in [2.05, 4.69) is 5.10 Å². The van der Waals surface area contributed by atoms with Crippen molar-refractivity contribution in [3.8, 4) is 5.75 Å². The van der Waals surface area contributed by atoms with Gasteiger partial charge in [0.15, 0.2) is 0 Å². The molecule has 0 bridgehead atoms. The summed E-state index contributed by atoms with van der Waals surface area (Å²) in [6, 6.07) is 5.18. The van der Waals surface area contributed by atoms with Crippen molar-refractivity contribution in [2.45, 2.75) is 27.3 Å². The average Bonchev–Trinajstić information content (AvgIpc) is 2.66. The number of nitrogens with two attached hydrogens (primary N) is 1. The first-order chi connectivity index (χ1) is 9.43. The highest BCUT2D eigenvalue weighted by molar-refractivity contribution is 5.93. The Hall–Kier alpha value is -2.30. The predicted molar refractivity (Wildman–Crippen MR) is 77.1 cm³/mol. The van der Waals surface area contributed by atoms with Gasteiger partial charge >= 0.3 is 0 Å². The molecule has 1 amide bonds. The Labute approximate surface area is 118 Å². The van der Waals surface area contributed by atoms with Gasteiger partial charge < -0.3 is 10.5 Å². The Morgan fingerprint density at radius 3 is 2.55 bits per heavy atom. The van der Waals surface area contributed by atoms with E-state index in [9.17, 15) is 4.79 Å². The first-order valence-corrected chi connectivity index (χ1v) is 6.41. The number of aromatic nitrogens is 2. The maximum atomic E-state index is 11.3. The summed E-state index contributed by atoms with van der Waals surface area (Å²) >= 11 is 0. The lowest BCUT2D eigenvalue weighted by Crippen LogP contribution is -2.12. The van der Waals surface area contributed by atoms with Crippen LogP contribution in [0.5, 0.6) is 5.75 Å². The molecule has 5 nitrogen and oxygen atoms in total. The number of aryl methyl sites for hydroxylation is 1. The molecule has 106 valence electrons. The van der Waals surface area contributed by atoms with E-state index in [4.69, 9.17) is 10.5 Å². The third kappa shape index (κ3) is 2.52. The second-order valence-electron chi connectivity index (χ2n) is 4.84. The molecule has 0 aliphatic carbocycles. The van der Waals surface area contributed by atoms with E-state index in [1.807, 2.05) is 25.5 Å². The number of ether oxygens (including phenoxy) is 1. The zero-order valence-electron chi connectivity index (χ0n) is 12.2. The van der Waals surface area contributed by atoms with Gasteiger partial charge in [0, 0.05) is 16.8 Å². The molecule has 20 heavy (non-hydrogen) atoms. The predicted octanol–water partition coefficient (Wildman–Crippen LogP) is 1.96. The van der Waals surface area contributed by atoms with Crippen molar-refractivity contribution in [1.29, 1.82) is 0 Å². The molecule has 0 aliphatic rings. The molecule has 5 heteroatoms. The minimum atomic E-state index is -0.446. The summed E-state index contributed by atoms with van der Waals surface area (Å²) in [5.41, 5.74) is 9.97. The van der Waals surface area contributed by atoms with E-state index < -0.39 is 5.91 Å². The van der Waals surface area contributed by atoms with Crippen molar-refractivity contribution >= 4 is 5.91 Å². The number of primary amides is 1. The van der Waals surface area contributed by atoms with Crippen LogP contribution in [0.3, 0.4) is 0 Å². The van der Waals surface area contributed by atoms with Crippen LogP contribution in [-0.4, -0.2) is 22.8 Å². The Morgan fingerprint density at radius 2 is 2.05 bits per heavy atom. The molecule has 1 heterocycles. The summed E-state index contributed by atoms with van der Waals surface area (Å²) in [4.78, 5) is 11.3. The van der Waals surface area contributed by atoms with Crippen LogP contribution in [-0.2, 0) is 6.54 Å². The van der Waals surface area contributed by atoms with E-state index in [1.54, 1.807) is 25.3 Å². The molecule has 0 saturated carbocycles. The second kappa shape index (κ2) is 5.36. The normalized spacial score (nSPS) is 10.6. The molecule has 0 radical (unpaired) electrons. The summed E-state index contributed by atoms with van der Waals surface area (Å²) in [5, 5.41) is 4.50. The number of amides is 1. The largest absolute Gasteiger partial charge is 0.496 e. The van der Waals surface area contributed by atoms with E-state index in [0.29, 0.717) is 12.1 Å². The smallest absolute Gasteiger partial charge is 0.248 e. The summed E-state index contributed by atoms with van der Waals surface area (Å²) in [5.74, 6) is 0.277. The van der Waals surface area contributed by atoms with Crippen LogP contribution in [0, 0.1) is 20.8 Å². The standard InChI is InChI=1S/C15H19N3O2/c1-9-10(2)17-18(11(9)3)8-13-7-12(15(16)19)5-6-14(13)20-4/h5-7H,8H2,1-4H3,(H2,16,19). The fourth-order valence-electron chi connectivity index (χ4n) is 2.16. The van der Waals surface area contributed by atoms with Gasteiger partial charge in [-0.1, -0.05) is 0 Å². The SMILES string of the molecule is COc1ccc(C(N)=O)cc1Cn1nc(C)c(C)c1C. The summed E-state index contributed by atoms with van der Waals surface area (Å²) < 4.78 is 7.25. The lowest BCUT2D eigenvalue weighted by atomic mass is 10.1. The third-order valence-corrected chi connectivity index (χ3v) is 3.63. The van der Waals surface area contributed by atoms with E-state index >= 15 is 0 Å². The first kappa shape index (κ1) is 14.1. The number of carbonyl (C=O) groups excluding carboxylic acids is 1. The second-order valence-corrected chi connectivity index (χ2v) is 4.84. The maximum Gasteiger partial charge on any atom is 0.248 e. The van der Waals surface area contributed by atoms with Crippen molar-refractivity contribution in [1.82, 2.24) is 9.78 Å². The zero-order chi connectivity index (χ0) is 14.9. The average molecular weight is 273 g/mol. The molecule has 0 spiro atoms. The molecule has 0 fully saturated rings. The fraction of sp³-hybridized carbons (Fsp3) is 0.333. The van der Waals surface area contributed by atoms with Crippen LogP contribution in [0.2, 0.25) is 0 Å². The number of benzene rings is 1. The zero-order valence-corrected chi connectivity index (χ0v) is 12.2. The highest BCUT2D eigenvalue weighted by Crippen LogP contribution is 2.22. The van der Waals surface area contributed by atoms with Crippen LogP contribution < -0.4 is 10.5 Å². The number of methoxy groups -OCH3 is 1. The van der Waals surface area contributed by atoms with Gasteiger partial charge in [0.05, 0.1) is 19.3 Å². The lowest BCUT2D eigenvalue weighted by molar-refractivity contribution is 0.1000. The van der Waals surface area contributed by atoms with Gasteiger partial charge in [-0.2, -0.15) is 5.10 Å². The van der Waals surface area contributed by atoms with Crippen LogP contribution in [0.25, 0.3) is 0 Å². The van der Waals surface area contributed by atoms with Crippen LogP contribution in [0.15, 0.2) is 18.2 Å². The van der Waals surface area contributed by atoms with Crippen molar-refractivity contribution in [2.75, 3.05) is 7.11 Å². The molecular formula is C15H19N3O2. The van der Waals surface area contributed by atoms with Gasteiger partial charge in [-0.3, -0.25) is 9.48 Å². The van der Waals surface area contributed by atoms with Gasteiger partial charge in [0.25, 0.3) is 0 Å². The molecule has 1 aromatic carbocycles. The summed E-state index contributed by atoms with van der Waals surface area (Å²) in [6.07, 6.45) is 0. The van der Waals surface area contributed by atoms with Crippen molar-refractivity contribution < 1.29 is 9.53 Å². The third-order valence-electron chi connectivity index (χ3n) is 3.63. The van der Waals surface area contributed by atoms with Gasteiger partial charge in [-0.05, 0) is 44.5 Å². The summed E-state index contributed by atoms with van der Waals surface area (Å²) in [6.45, 7) is 6.60. The molecule has 2 aromatic rings. The highest BCUT2D eigenvalue weighted by Gasteiger charge is 2.12. The molecule has 0 atom stereocenters. The van der Waals surface area contributed by atoms with E-state index in [-0.39, 0.29) is 0 Å². The van der Waals surface area contributed by atoms with Crippen molar-refractivity contribution in [3.63, 3.8) is 0 Å². The van der Waals surface area contributed by atoms with Crippen molar-refractivity contribution in [3.05, 3.63) is 46.3 Å². The molecule has 1 aromatic heterocycles. The monoisotopic (exact) mass is 273 g/mol. The molecule has 0 unspecified atom stereocenters. The highest BCUT2D eigenvalue weighted by atomic mass is 16.5. The molecule has 0 aliphatic heterocycles. The lowest BCUT2D eigenvalue weighted by Gasteiger charge is -2.11.